The molecule has 182 valence electrons. The van der Waals surface area contributed by atoms with Crippen molar-refractivity contribution in [2.75, 3.05) is 7.11 Å². The maximum absolute atomic E-state index is 13.1. The first-order valence-electron chi connectivity index (χ1n) is 12.4. The van der Waals surface area contributed by atoms with Crippen LogP contribution in [0.15, 0.2) is 23.8 Å². The molecule has 0 spiro atoms. The Kier molecular flexibility index (Phi) is 5.59. The van der Waals surface area contributed by atoms with Crippen molar-refractivity contribution < 1.29 is 9.53 Å². The van der Waals surface area contributed by atoms with Crippen molar-refractivity contribution in [2.24, 2.45) is 5.73 Å². The molecule has 0 radical (unpaired) electrons. The van der Waals surface area contributed by atoms with E-state index in [1.54, 1.807) is 0 Å². The molecule has 0 fully saturated rings. The van der Waals surface area contributed by atoms with Crippen LogP contribution in [-0.4, -0.2) is 35.3 Å². The quantitative estimate of drug-likeness (QED) is 0.563. The number of benzene rings is 2. The molecule has 0 saturated carbocycles. The van der Waals surface area contributed by atoms with Gasteiger partial charge in [-0.1, -0.05) is 83.8 Å². The van der Waals surface area contributed by atoms with Crippen molar-refractivity contribution in [1.82, 2.24) is 0 Å². The van der Waals surface area contributed by atoms with Gasteiger partial charge in [-0.2, -0.15) is 0 Å². The predicted octanol–water partition coefficient (Wildman–Crippen LogP) is 5.43. The smallest absolute Gasteiger partial charge is 0.249 e. The maximum Gasteiger partial charge on any atom is 0.249 e. The molecule has 0 aromatic heterocycles. The number of fused-ring (bicyclic) bond motifs is 3. The third kappa shape index (κ3) is 3.28. The van der Waals surface area contributed by atoms with Gasteiger partial charge in [0, 0.05) is 12.7 Å². The summed E-state index contributed by atoms with van der Waals surface area (Å²) in [5.74, 6) is 0.728. The first-order chi connectivity index (χ1) is 15.5. The van der Waals surface area contributed by atoms with E-state index in [0.717, 1.165) is 17.7 Å². The van der Waals surface area contributed by atoms with E-state index >= 15 is 0 Å². The van der Waals surface area contributed by atoms with E-state index in [9.17, 15) is 4.79 Å². The number of primary amides is 1. The van der Waals surface area contributed by atoms with Crippen molar-refractivity contribution in [2.45, 2.75) is 78.8 Å². The largest absolute Gasteiger partial charge is 0.497 e. The van der Waals surface area contributed by atoms with Crippen LogP contribution >= 0.6 is 0 Å². The van der Waals surface area contributed by atoms with Crippen LogP contribution in [0.3, 0.4) is 0 Å². The Morgan fingerprint density at radius 3 is 2.15 bits per heavy atom. The summed E-state index contributed by atoms with van der Waals surface area (Å²) in [6.07, 6.45) is 3.23. The summed E-state index contributed by atoms with van der Waals surface area (Å²) < 4.78 is 6.24. The van der Waals surface area contributed by atoms with Crippen LogP contribution in [0, 0.1) is 0 Å². The van der Waals surface area contributed by atoms with Gasteiger partial charge < -0.3 is 10.5 Å². The number of carbonyl (C=O) groups excluding carboxylic acids is 1. The second kappa shape index (κ2) is 7.55. The van der Waals surface area contributed by atoms with E-state index in [4.69, 9.17) is 10.5 Å². The van der Waals surface area contributed by atoms with Gasteiger partial charge in [-0.3, -0.25) is 4.79 Å². The van der Waals surface area contributed by atoms with Crippen molar-refractivity contribution in [3.05, 3.63) is 46.0 Å². The Bertz CT molecular complexity index is 1260. The number of nitrogens with two attached hydrogens (primary N) is 1. The highest BCUT2D eigenvalue weighted by molar-refractivity contribution is 7.74. The average Bonchev–Trinajstić information content (AvgIpc) is 3.09. The highest BCUT2D eigenvalue weighted by Crippen LogP contribution is 2.44. The average molecular weight is 508 g/mol. The zero-order valence-electron chi connectivity index (χ0n) is 22.9. The molecular weight excluding hydrogens is 467 g/mol. The van der Waals surface area contributed by atoms with E-state index < -0.39 is 22.3 Å². The minimum atomic E-state index is -1.97. The molecule has 1 heterocycles. The summed E-state index contributed by atoms with van der Waals surface area (Å²) in [6.45, 7) is 24.2. The lowest BCUT2D eigenvalue weighted by Crippen LogP contribution is -2.82. The van der Waals surface area contributed by atoms with Gasteiger partial charge in [0.15, 0.2) is 0 Å². The molecule has 4 rings (SSSR count). The molecule has 0 unspecified atom stereocenters. The van der Waals surface area contributed by atoms with Gasteiger partial charge in [-0.25, -0.2) is 0 Å². The number of hydrogen-bond donors (Lipinski definition) is 1. The first kappa shape index (κ1) is 25.2. The van der Waals surface area contributed by atoms with E-state index in [1.807, 2.05) is 7.11 Å². The molecule has 6 heteroatoms. The van der Waals surface area contributed by atoms with Crippen LogP contribution < -0.4 is 20.8 Å². The fraction of sp³-hybridized carbons (Fsp3) is 0.464. The first-order valence-corrected chi connectivity index (χ1v) is 23.4. The molecule has 1 aliphatic heterocycles. The van der Waals surface area contributed by atoms with Gasteiger partial charge in [0.25, 0.3) is 0 Å². The van der Waals surface area contributed by atoms with Gasteiger partial charge in [0.1, 0.15) is 5.75 Å². The Labute approximate surface area is 208 Å². The molecule has 2 aliphatic rings. The minimum Gasteiger partial charge on any atom is -0.497 e. The van der Waals surface area contributed by atoms with Crippen molar-refractivity contribution in [3.63, 3.8) is 0 Å². The standard InChI is InChI=1S/C28H41NO2Si3/c1-17-12-18-14-19(28(2,3)4)15-21(20(18)13-17)24-22(27(29)30)16-23-25(31-5)26(24)33(8,9)34(10,11)32(23,6)7/h12,14-16H,13H2,1-11H3,(H2,29,30). The Balaban J connectivity index is 2.24. The molecule has 1 aliphatic carbocycles. The number of allylic oxidation sites excluding steroid dienone is 1. The summed E-state index contributed by atoms with van der Waals surface area (Å²) in [5.41, 5.74) is 14.4. The zero-order valence-corrected chi connectivity index (χ0v) is 25.9. The highest BCUT2D eigenvalue weighted by Gasteiger charge is 2.60. The van der Waals surface area contributed by atoms with Crippen LogP contribution in [0.2, 0.25) is 39.3 Å². The van der Waals surface area contributed by atoms with Crippen molar-refractivity contribution >= 4 is 44.6 Å². The molecule has 2 aromatic carbocycles. The van der Waals surface area contributed by atoms with Crippen LogP contribution in [0.1, 0.15) is 54.7 Å². The topological polar surface area (TPSA) is 52.3 Å². The van der Waals surface area contributed by atoms with Crippen LogP contribution in [0.25, 0.3) is 17.2 Å². The predicted molar refractivity (Wildman–Crippen MR) is 155 cm³/mol. The number of amides is 1. The van der Waals surface area contributed by atoms with Crippen molar-refractivity contribution in [3.8, 4) is 16.9 Å². The molecule has 0 atom stereocenters. The molecular formula is C28H41NO2Si3. The molecule has 2 bridgehead atoms. The third-order valence-electron chi connectivity index (χ3n) is 9.45. The second-order valence-electron chi connectivity index (χ2n) is 13.0. The normalized spacial score (nSPS) is 19.4. The second-order valence-corrected chi connectivity index (χ2v) is 40.3. The molecule has 3 nitrogen and oxygen atoms in total. The lowest BCUT2D eigenvalue weighted by molar-refractivity contribution is 0.100. The molecule has 0 saturated heterocycles. The highest BCUT2D eigenvalue weighted by atomic mass is 29.6. The molecule has 34 heavy (non-hydrogen) atoms. The SMILES string of the molecule is COc1c2cc(C(N)=O)c(-c3cc(C(C)(C)C)cc4c3CC(C)=C4)c1[Si](C)(C)[Si](C)(C)[Si]2(C)C. The Morgan fingerprint density at radius 2 is 1.62 bits per heavy atom. The number of methoxy groups -OCH3 is 1. The summed E-state index contributed by atoms with van der Waals surface area (Å²) in [5, 5.41) is 2.63. The van der Waals surface area contributed by atoms with E-state index in [2.05, 4.69) is 91.3 Å². The maximum atomic E-state index is 13.1. The lowest BCUT2D eigenvalue weighted by Gasteiger charge is -2.54. The molecule has 2 N–H and O–H groups in total. The van der Waals surface area contributed by atoms with Crippen LogP contribution in [-0.2, 0) is 11.8 Å². The van der Waals surface area contributed by atoms with E-state index in [0.29, 0.717) is 5.56 Å². The van der Waals surface area contributed by atoms with Gasteiger partial charge in [-0.05, 0) is 63.0 Å². The summed E-state index contributed by atoms with van der Waals surface area (Å²) in [4.78, 5) is 13.1. The Hall–Kier alpha value is -1.90. The number of carbonyl (C=O) groups is 1. The summed E-state index contributed by atoms with van der Waals surface area (Å²) in [7, 11) is -3.64. The van der Waals surface area contributed by atoms with Crippen LogP contribution in [0.4, 0.5) is 0 Å². The lowest BCUT2D eigenvalue weighted by atomic mass is 9.81. The zero-order chi connectivity index (χ0) is 25.6. The van der Waals surface area contributed by atoms with Crippen LogP contribution in [0.5, 0.6) is 5.75 Å². The van der Waals surface area contributed by atoms with Gasteiger partial charge in [-0.15, -0.1) is 0 Å². The summed E-state index contributed by atoms with van der Waals surface area (Å²) >= 11 is 0. The van der Waals surface area contributed by atoms with E-state index in [-0.39, 0.29) is 11.3 Å². The fourth-order valence-electron chi connectivity index (χ4n) is 6.11. The monoisotopic (exact) mass is 507 g/mol. The van der Waals surface area contributed by atoms with Crippen molar-refractivity contribution in [1.29, 1.82) is 0 Å². The third-order valence-corrected chi connectivity index (χ3v) is 50.7. The number of rotatable bonds is 3. The fourth-order valence-corrected chi connectivity index (χ4v) is 38.4. The van der Waals surface area contributed by atoms with Gasteiger partial charge >= 0.3 is 0 Å². The minimum absolute atomic E-state index is 0.00185. The van der Waals surface area contributed by atoms with Gasteiger partial charge in [0.2, 0.25) is 5.91 Å². The number of ether oxygens (including phenoxy) is 1. The molecule has 1 amide bonds. The summed E-state index contributed by atoms with van der Waals surface area (Å²) in [6, 6.07) is 6.82. The molecule has 2 aromatic rings. The Morgan fingerprint density at radius 1 is 1.00 bits per heavy atom. The van der Waals surface area contributed by atoms with Gasteiger partial charge in [0.05, 0.1) is 22.3 Å². The number of hydrogen-bond acceptors (Lipinski definition) is 2. The van der Waals surface area contributed by atoms with E-state index in [1.165, 1.54) is 38.2 Å².